The molecule has 0 aliphatic rings. The van der Waals surface area contributed by atoms with E-state index in [4.69, 9.17) is 16.9 Å². The molecule has 0 saturated carbocycles. The number of benzene rings is 1. The molecule has 0 aliphatic heterocycles. The second-order valence-corrected chi connectivity index (χ2v) is 4.63. The summed E-state index contributed by atoms with van der Waals surface area (Å²) in [5.41, 5.74) is 1.47. The van der Waals surface area contributed by atoms with Gasteiger partial charge < -0.3 is 5.32 Å². The zero-order chi connectivity index (χ0) is 11.3. The lowest BCUT2D eigenvalue weighted by Crippen LogP contribution is -2.17. The van der Waals surface area contributed by atoms with E-state index in [1.165, 1.54) is 0 Å². The van der Waals surface area contributed by atoms with Crippen LogP contribution in [-0.4, -0.2) is 18.1 Å². The molecular weight excluding hydrogens is 228 g/mol. The van der Waals surface area contributed by atoms with Crippen molar-refractivity contribution < 1.29 is 0 Å². The van der Waals surface area contributed by atoms with Crippen molar-refractivity contribution in [2.75, 3.05) is 17.3 Å². The highest BCUT2D eigenvalue weighted by Crippen LogP contribution is 2.20. The molecular formula is C11H13ClN2S. The number of hydrogen-bond donors (Lipinski definition) is 1. The molecule has 4 heteroatoms. The van der Waals surface area contributed by atoms with Crippen molar-refractivity contribution in [3.05, 3.63) is 28.8 Å². The van der Waals surface area contributed by atoms with E-state index in [1.54, 1.807) is 23.9 Å². The third-order valence-corrected chi connectivity index (χ3v) is 3.07. The first-order valence-electron chi connectivity index (χ1n) is 4.62. The van der Waals surface area contributed by atoms with Gasteiger partial charge in [-0.3, -0.25) is 0 Å². The van der Waals surface area contributed by atoms with Gasteiger partial charge in [0, 0.05) is 17.5 Å². The van der Waals surface area contributed by atoms with Crippen molar-refractivity contribution >= 4 is 29.1 Å². The highest BCUT2D eigenvalue weighted by molar-refractivity contribution is 7.98. The average molecular weight is 241 g/mol. The van der Waals surface area contributed by atoms with Crippen molar-refractivity contribution in [3.63, 3.8) is 0 Å². The van der Waals surface area contributed by atoms with Crippen LogP contribution in [0.3, 0.4) is 0 Å². The first-order chi connectivity index (χ1) is 7.17. The van der Waals surface area contributed by atoms with Crippen LogP contribution in [0.5, 0.6) is 0 Å². The molecule has 0 bridgehead atoms. The van der Waals surface area contributed by atoms with Gasteiger partial charge in [0.15, 0.2) is 0 Å². The van der Waals surface area contributed by atoms with Crippen LogP contribution in [0.25, 0.3) is 0 Å². The second kappa shape index (κ2) is 5.89. The summed E-state index contributed by atoms with van der Waals surface area (Å²) in [6, 6.07) is 7.83. The van der Waals surface area contributed by atoms with E-state index in [2.05, 4.69) is 18.5 Å². The molecule has 0 fully saturated rings. The molecule has 1 aromatic rings. The van der Waals surface area contributed by atoms with Gasteiger partial charge in [0.1, 0.15) is 6.07 Å². The molecule has 2 nitrogen and oxygen atoms in total. The fourth-order valence-electron chi connectivity index (χ4n) is 1.27. The fraction of sp³-hybridized carbons (Fsp3) is 0.364. The van der Waals surface area contributed by atoms with Crippen LogP contribution in [-0.2, 0) is 0 Å². The minimum atomic E-state index is 0.393. The zero-order valence-electron chi connectivity index (χ0n) is 8.75. The van der Waals surface area contributed by atoms with Gasteiger partial charge in [-0.05, 0) is 31.4 Å². The van der Waals surface area contributed by atoms with Gasteiger partial charge in [-0.15, -0.1) is 0 Å². The van der Waals surface area contributed by atoms with Crippen LogP contribution in [0.4, 0.5) is 5.69 Å². The zero-order valence-corrected chi connectivity index (χ0v) is 10.3. The van der Waals surface area contributed by atoms with Gasteiger partial charge in [0.05, 0.1) is 10.6 Å². The molecule has 0 aromatic heterocycles. The molecule has 0 aliphatic carbocycles. The van der Waals surface area contributed by atoms with Crippen LogP contribution in [0.1, 0.15) is 12.5 Å². The second-order valence-electron chi connectivity index (χ2n) is 3.31. The van der Waals surface area contributed by atoms with E-state index in [1.807, 2.05) is 12.1 Å². The van der Waals surface area contributed by atoms with E-state index < -0.39 is 0 Å². The lowest BCUT2D eigenvalue weighted by molar-refractivity contribution is 0.914. The summed E-state index contributed by atoms with van der Waals surface area (Å²) in [4.78, 5) is 0. The van der Waals surface area contributed by atoms with E-state index in [-0.39, 0.29) is 0 Å². The number of nitriles is 1. The lowest BCUT2D eigenvalue weighted by atomic mass is 10.2. The minimum absolute atomic E-state index is 0.393. The first kappa shape index (κ1) is 12.2. The highest BCUT2D eigenvalue weighted by Gasteiger charge is 2.03. The Hall–Kier alpha value is -0.850. The van der Waals surface area contributed by atoms with Crippen molar-refractivity contribution in [2.24, 2.45) is 0 Å². The average Bonchev–Trinajstić information content (AvgIpc) is 2.18. The third-order valence-electron chi connectivity index (χ3n) is 1.92. The van der Waals surface area contributed by atoms with Gasteiger partial charge in [-0.25, -0.2) is 0 Å². The fourth-order valence-corrected chi connectivity index (χ4v) is 2.08. The van der Waals surface area contributed by atoms with Gasteiger partial charge >= 0.3 is 0 Å². The summed E-state index contributed by atoms with van der Waals surface area (Å²) >= 11 is 7.72. The van der Waals surface area contributed by atoms with Gasteiger partial charge in [-0.2, -0.15) is 17.0 Å². The Labute approximate surface area is 99.6 Å². The molecule has 0 radical (unpaired) electrons. The SMILES string of the molecule is CSCC(C)Nc1ccc(C#N)c(Cl)c1. The number of nitrogens with zero attached hydrogens (tertiary/aromatic N) is 1. The Morgan fingerprint density at radius 1 is 1.60 bits per heavy atom. The standard InChI is InChI=1S/C11H13ClN2S/c1-8(7-15-2)14-10-4-3-9(6-13)11(12)5-10/h3-5,8,14H,7H2,1-2H3. The summed E-state index contributed by atoms with van der Waals surface area (Å²) in [7, 11) is 0. The number of nitrogens with one attached hydrogen (secondary N) is 1. The van der Waals surface area contributed by atoms with Gasteiger partial charge in [-0.1, -0.05) is 11.6 Å². The van der Waals surface area contributed by atoms with Crippen molar-refractivity contribution in [3.8, 4) is 6.07 Å². The Bertz CT molecular complexity index is 373. The first-order valence-corrected chi connectivity index (χ1v) is 6.39. The van der Waals surface area contributed by atoms with Crippen LogP contribution < -0.4 is 5.32 Å². The van der Waals surface area contributed by atoms with E-state index in [0.717, 1.165) is 11.4 Å². The molecule has 0 saturated heterocycles. The Balaban J connectivity index is 2.72. The third kappa shape index (κ3) is 3.65. The van der Waals surface area contributed by atoms with E-state index in [0.29, 0.717) is 16.6 Å². The molecule has 1 N–H and O–H groups in total. The molecule has 0 spiro atoms. The number of anilines is 1. The maximum Gasteiger partial charge on any atom is 0.101 e. The van der Waals surface area contributed by atoms with Gasteiger partial charge in [0.2, 0.25) is 0 Å². The molecule has 0 amide bonds. The molecule has 1 rings (SSSR count). The topological polar surface area (TPSA) is 35.8 Å². The maximum absolute atomic E-state index is 8.72. The van der Waals surface area contributed by atoms with Gasteiger partial charge in [0.25, 0.3) is 0 Å². The maximum atomic E-state index is 8.72. The van der Waals surface area contributed by atoms with Crippen LogP contribution >= 0.6 is 23.4 Å². The van der Waals surface area contributed by atoms with Crippen LogP contribution in [0.15, 0.2) is 18.2 Å². The smallest absolute Gasteiger partial charge is 0.101 e. The Morgan fingerprint density at radius 3 is 2.87 bits per heavy atom. The predicted octanol–water partition coefficient (Wildman–Crippen LogP) is 3.38. The lowest BCUT2D eigenvalue weighted by Gasteiger charge is -2.14. The highest BCUT2D eigenvalue weighted by atomic mass is 35.5. The van der Waals surface area contributed by atoms with Crippen molar-refractivity contribution in [1.29, 1.82) is 5.26 Å². The summed E-state index contributed by atoms with van der Waals surface area (Å²) < 4.78 is 0. The minimum Gasteiger partial charge on any atom is -0.382 e. The summed E-state index contributed by atoms with van der Waals surface area (Å²) in [5.74, 6) is 1.04. The normalized spacial score (nSPS) is 11.9. The van der Waals surface area contributed by atoms with Crippen molar-refractivity contribution in [2.45, 2.75) is 13.0 Å². The van der Waals surface area contributed by atoms with Crippen LogP contribution in [0, 0.1) is 11.3 Å². The van der Waals surface area contributed by atoms with Crippen molar-refractivity contribution in [1.82, 2.24) is 0 Å². The largest absolute Gasteiger partial charge is 0.382 e. The molecule has 1 atom stereocenters. The number of hydrogen-bond acceptors (Lipinski definition) is 3. The Kier molecular flexibility index (Phi) is 4.80. The van der Waals surface area contributed by atoms with E-state index in [9.17, 15) is 0 Å². The molecule has 80 valence electrons. The summed E-state index contributed by atoms with van der Waals surface area (Å²) in [6.07, 6.45) is 2.07. The van der Waals surface area contributed by atoms with E-state index >= 15 is 0 Å². The number of thioether (sulfide) groups is 1. The molecule has 15 heavy (non-hydrogen) atoms. The van der Waals surface area contributed by atoms with Crippen LogP contribution in [0.2, 0.25) is 5.02 Å². The molecule has 1 unspecified atom stereocenters. The Morgan fingerprint density at radius 2 is 2.33 bits per heavy atom. The summed E-state index contributed by atoms with van der Waals surface area (Å²) in [6.45, 7) is 2.11. The molecule has 0 heterocycles. The summed E-state index contributed by atoms with van der Waals surface area (Å²) in [5, 5.41) is 12.5. The quantitative estimate of drug-likeness (QED) is 0.877. The number of rotatable bonds is 4. The molecule has 1 aromatic carbocycles. The number of halogens is 1. The monoisotopic (exact) mass is 240 g/mol. The predicted molar refractivity (Wildman–Crippen MR) is 67.6 cm³/mol.